The third kappa shape index (κ3) is 4.30. The second-order valence-electron chi connectivity index (χ2n) is 4.10. The lowest BCUT2D eigenvalue weighted by atomic mass is 10.3. The van der Waals surface area contributed by atoms with E-state index >= 15 is 0 Å². The topological polar surface area (TPSA) is 41.1 Å². The van der Waals surface area contributed by atoms with Crippen LogP contribution in [0.15, 0.2) is 6.07 Å². The Morgan fingerprint density at radius 1 is 1.39 bits per heavy atom. The van der Waals surface area contributed by atoms with Crippen LogP contribution in [0.1, 0.15) is 12.6 Å². The molecule has 0 aliphatic heterocycles. The van der Waals surface area contributed by atoms with Gasteiger partial charge in [-0.25, -0.2) is 9.97 Å². The van der Waals surface area contributed by atoms with Crippen LogP contribution in [0.5, 0.6) is 0 Å². The smallest absolute Gasteiger partial charge is 0.368 e. The average molecular weight is 283 g/mol. The maximum Gasteiger partial charge on any atom is 0.433 e. The Morgan fingerprint density at radius 2 is 2.00 bits per heavy atom. The van der Waals surface area contributed by atoms with Crippen molar-refractivity contribution in [2.75, 3.05) is 26.0 Å². The first-order chi connectivity index (χ1) is 8.20. The fraction of sp³-hybridized carbons (Fsp3) is 0.600. The first kappa shape index (κ1) is 15.0. The molecule has 1 aromatic rings. The van der Waals surface area contributed by atoms with Gasteiger partial charge in [-0.05, 0) is 32.6 Å². The van der Waals surface area contributed by atoms with Gasteiger partial charge in [0, 0.05) is 18.7 Å². The number of halogens is 4. The molecule has 0 saturated carbocycles. The Morgan fingerprint density at radius 3 is 2.50 bits per heavy atom. The number of likely N-dealkylation sites (N-methyl/N-ethyl adjacent to an activating group) is 1. The average Bonchev–Trinajstić information content (AvgIpc) is 2.23. The van der Waals surface area contributed by atoms with Crippen molar-refractivity contribution in [3.05, 3.63) is 17.0 Å². The molecule has 0 spiro atoms. The van der Waals surface area contributed by atoms with Crippen molar-refractivity contribution in [2.24, 2.45) is 0 Å². The summed E-state index contributed by atoms with van der Waals surface area (Å²) in [5, 5.41) is 2.38. The summed E-state index contributed by atoms with van der Waals surface area (Å²) < 4.78 is 37.5. The van der Waals surface area contributed by atoms with Gasteiger partial charge >= 0.3 is 6.18 Å². The van der Waals surface area contributed by atoms with Gasteiger partial charge < -0.3 is 10.2 Å². The van der Waals surface area contributed by atoms with Gasteiger partial charge in [-0.2, -0.15) is 13.2 Å². The molecule has 0 aliphatic rings. The number of nitrogens with one attached hydrogen (secondary N) is 1. The Kier molecular flexibility index (Phi) is 4.75. The zero-order chi connectivity index (χ0) is 13.9. The van der Waals surface area contributed by atoms with Gasteiger partial charge in [0.2, 0.25) is 5.28 Å². The van der Waals surface area contributed by atoms with E-state index in [4.69, 9.17) is 11.6 Å². The zero-order valence-electron chi connectivity index (χ0n) is 10.2. The SMILES string of the molecule is CC(CNc1cc(C(F)(F)F)nc(Cl)n1)N(C)C. The first-order valence-electron chi connectivity index (χ1n) is 5.22. The fourth-order valence-electron chi connectivity index (χ4n) is 1.09. The lowest BCUT2D eigenvalue weighted by molar-refractivity contribution is -0.141. The summed E-state index contributed by atoms with van der Waals surface area (Å²) in [7, 11) is 3.75. The number of anilines is 1. The zero-order valence-corrected chi connectivity index (χ0v) is 11.0. The van der Waals surface area contributed by atoms with Crippen LogP contribution in [0.25, 0.3) is 0 Å². The molecule has 1 aromatic heterocycles. The van der Waals surface area contributed by atoms with Crippen molar-refractivity contribution in [1.29, 1.82) is 0 Å². The summed E-state index contributed by atoms with van der Waals surface area (Å²) in [6, 6.07) is 0.988. The van der Waals surface area contributed by atoms with Gasteiger partial charge in [-0.1, -0.05) is 0 Å². The van der Waals surface area contributed by atoms with E-state index in [1.165, 1.54) is 0 Å². The molecule has 1 rings (SSSR count). The van der Waals surface area contributed by atoms with Crippen LogP contribution in [0.4, 0.5) is 19.0 Å². The highest BCUT2D eigenvalue weighted by Gasteiger charge is 2.33. The summed E-state index contributed by atoms with van der Waals surface area (Å²) in [5.41, 5.74) is -1.05. The van der Waals surface area contributed by atoms with Gasteiger partial charge in [-0.15, -0.1) is 0 Å². The number of aromatic nitrogens is 2. The fourth-order valence-corrected chi connectivity index (χ4v) is 1.27. The van der Waals surface area contributed by atoms with Crippen LogP contribution in [0, 0.1) is 0 Å². The molecule has 1 unspecified atom stereocenters. The Labute approximate surface area is 108 Å². The van der Waals surface area contributed by atoms with Crippen molar-refractivity contribution in [3.63, 3.8) is 0 Å². The van der Waals surface area contributed by atoms with Crippen molar-refractivity contribution in [1.82, 2.24) is 14.9 Å². The molecule has 0 bridgehead atoms. The summed E-state index contributed by atoms with van der Waals surface area (Å²) >= 11 is 5.46. The van der Waals surface area contributed by atoms with Crippen molar-refractivity contribution in [2.45, 2.75) is 19.1 Å². The van der Waals surface area contributed by atoms with E-state index in [9.17, 15) is 13.2 Å². The third-order valence-corrected chi connectivity index (χ3v) is 2.62. The largest absolute Gasteiger partial charge is 0.433 e. The molecule has 18 heavy (non-hydrogen) atoms. The van der Waals surface area contributed by atoms with Crippen LogP contribution < -0.4 is 5.32 Å². The second kappa shape index (κ2) is 5.71. The van der Waals surface area contributed by atoms with Crippen LogP contribution in [-0.4, -0.2) is 41.5 Å². The van der Waals surface area contributed by atoms with E-state index in [1.807, 2.05) is 25.9 Å². The molecular weight excluding hydrogens is 269 g/mol. The van der Waals surface area contributed by atoms with Crippen LogP contribution in [0.3, 0.4) is 0 Å². The maximum absolute atomic E-state index is 12.5. The van der Waals surface area contributed by atoms with Crippen molar-refractivity contribution in [3.8, 4) is 0 Å². The molecule has 4 nitrogen and oxygen atoms in total. The lowest BCUT2D eigenvalue weighted by Gasteiger charge is -2.20. The first-order valence-corrected chi connectivity index (χ1v) is 5.60. The van der Waals surface area contributed by atoms with E-state index in [-0.39, 0.29) is 11.9 Å². The van der Waals surface area contributed by atoms with Gasteiger partial charge in [-0.3, -0.25) is 0 Å². The normalized spacial score (nSPS) is 13.8. The van der Waals surface area contributed by atoms with Crippen LogP contribution in [-0.2, 0) is 6.18 Å². The molecule has 1 N–H and O–H groups in total. The number of rotatable bonds is 4. The van der Waals surface area contributed by atoms with Crippen molar-refractivity contribution < 1.29 is 13.2 Å². The number of hydrogen-bond acceptors (Lipinski definition) is 4. The Hall–Kier alpha value is -1.08. The summed E-state index contributed by atoms with van der Waals surface area (Å²) in [6.45, 7) is 2.39. The van der Waals surface area contributed by atoms with E-state index in [0.29, 0.717) is 6.54 Å². The quantitative estimate of drug-likeness (QED) is 0.862. The molecular formula is C10H14ClF3N4. The number of alkyl halides is 3. The summed E-state index contributed by atoms with van der Waals surface area (Å²) in [6.07, 6.45) is -4.53. The monoisotopic (exact) mass is 282 g/mol. The molecule has 0 radical (unpaired) electrons. The molecule has 1 heterocycles. The van der Waals surface area contributed by atoms with E-state index < -0.39 is 17.2 Å². The summed E-state index contributed by atoms with van der Waals surface area (Å²) in [5.74, 6) is 0.0658. The molecule has 0 saturated heterocycles. The van der Waals surface area contributed by atoms with E-state index in [0.717, 1.165) is 6.07 Å². The maximum atomic E-state index is 12.5. The molecule has 0 aliphatic carbocycles. The van der Waals surface area contributed by atoms with Crippen LogP contribution >= 0.6 is 11.6 Å². The summed E-state index contributed by atoms with van der Waals surface area (Å²) in [4.78, 5) is 8.78. The minimum absolute atomic E-state index is 0.0658. The molecule has 0 aromatic carbocycles. The minimum Gasteiger partial charge on any atom is -0.368 e. The Balaban J connectivity index is 2.81. The van der Waals surface area contributed by atoms with E-state index in [2.05, 4.69) is 15.3 Å². The van der Waals surface area contributed by atoms with Crippen LogP contribution in [0.2, 0.25) is 5.28 Å². The number of hydrogen-bond donors (Lipinski definition) is 1. The Bertz CT molecular complexity index is 409. The molecule has 0 amide bonds. The standard InChI is InChI=1S/C10H14ClF3N4/c1-6(18(2)3)5-15-8-4-7(10(12,13)14)16-9(11)17-8/h4,6H,5H2,1-3H3,(H,15,16,17). The highest BCUT2D eigenvalue weighted by atomic mass is 35.5. The van der Waals surface area contributed by atoms with Gasteiger partial charge in [0.25, 0.3) is 0 Å². The molecule has 8 heteroatoms. The van der Waals surface area contributed by atoms with Crippen molar-refractivity contribution >= 4 is 17.4 Å². The third-order valence-electron chi connectivity index (χ3n) is 2.45. The second-order valence-corrected chi connectivity index (χ2v) is 4.44. The highest BCUT2D eigenvalue weighted by molar-refractivity contribution is 6.28. The predicted octanol–water partition coefficient (Wildman–Crippen LogP) is 2.51. The number of nitrogens with zero attached hydrogens (tertiary/aromatic N) is 3. The minimum atomic E-state index is -4.53. The van der Waals surface area contributed by atoms with Gasteiger partial charge in [0.15, 0.2) is 5.69 Å². The van der Waals surface area contributed by atoms with Gasteiger partial charge in [0.05, 0.1) is 0 Å². The molecule has 0 fully saturated rings. The molecule has 102 valence electrons. The molecule has 1 atom stereocenters. The van der Waals surface area contributed by atoms with E-state index in [1.54, 1.807) is 0 Å². The predicted molar refractivity (Wildman–Crippen MR) is 63.7 cm³/mol. The van der Waals surface area contributed by atoms with Gasteiger partial charge in [0.1, 0.15) is 5.82 Å². The highest BCUT2D eigenvalue weighted by Crippen LogP contribution is 2.29. The lowest BCUT2D eigenvalue weighted by Crippen LogP contribution is -2.31.